The molecule has 0 aliphatic carbocycles. The third-order valence-corrected chi connectivity index (χ3v) is 6.69. The van der Waals surface area contributed by atoms with Crippen molar-refractivity contribution in [3.8, 4) is 0 Å². The van der Waals surface area contributed by atoms with Gasteiger partial charge < -0.3 is 10.2 Å². The summed E-state index contributed by atoms with van der Waals surface area (Å²) in [6.07, 6.45) is 1.21. The van der Waals surface area contributed by atoms with Gasteiger partial charge in [0.15, 0.2) is 0 Å². The van der Waals surface area contributed by atoms with Gasteiger partial charge in [0.25, 0.3) is 0 Å². The van der Waals surface area contributed by atoms with Crippen molar-refractivity contribution in [3.05, 3.63) is 81.0 Å². The number of nitrogens with one attached hydrogen (secondary N) is 1. The Morgan fingerprint density at radius 3 is 2.59 bits per heavy atom. The molecule has 4 rings (SSSR count). The Morgan fingerprint density at radius 1 is 1.03 bits per heavy atom. The smallest absolute Gasteiger partial charge is 0.324 e. The normalized spacial score (nSPS) is 14.0. The first-order valence-corrected chi connectivity index (χ1v) is 11.8. The van der Waals surface area contributed by atoms with Crippen molar-refractivity contribution >= 4 is 34.6 Å². The Hall–Kier alpha value is -3.12. The van der Waals surface area contributed by atoms with Gasteiger partial charge in [-0.2, -0.15) is 0 Å². The van der Waals surface area contributed by atoms with Gasteiger partial charge >= 0.3 is 6.03 Å². The fourth-order valence-corrected chi connectivity index (χ4v) is 4.78. The van der Waals surface area contributed by atoms with Crippen molar-refractivity contribution in [2.75, 3.05) is 23.3 Å². The highest BCUT2D eigenvalue weighted by Gasteiger charge is 2.29. The second kappa shape index (κ2) is 9.57. The van der Waals surface area contributed by atoms with Crippen molar-refractivity contribution in [1.82, 2.24) is 4.90 Å². The van der Waals surface area contributed by atoms with Crippen LogP contribution in [0.25, 0.3) is 0 Å². The van der Waals surface area contributed by atoms with Gasteiger partial charge in [-0.1, -0.05) is 35.9 Å². The highest BCUT2D eigenvalue weighted by atomic mass is 32.1. The van der Waals surface area contributed by atoms with Gasteiger partial charge in [-0.3, -0.25) is 9.69 Å². The number of carbonyl (C=O) groups is 2. The maximum Gasteiger partial charge on any atom is 0.324 e. The lowest BCUT2D eigenvalue weighted by atomic mass is 10.0. The van der Waals surface area contributed by atoms with E-state index in [1.165, 1.54) is 16.7 Å². The fourth-order valence-electron chi connectivity index (χ4n) is 4.08. The van der Waals surface area contributed by atoms with E-state index in [0.29, 0.717) is 25.2 Å². The summed E-state index contributed by atoms with van der Waals surface area (Å²) in [4.78, 5) is 30.8. The number of aryl methyl sites for hydroxylation is 3. The van der Waals surface area contributed by atoms with Crippen LogP contribution in [0.3, 0.4) is 0 Å². The van der Waals surface area contributed by atoms with Crippen molar-refractivity contribution in [2.45, 2.75) is 40.2 Å². The molecule has 0 saturated carbocycles. The van der Waals surface area contributed by atoms with E-state index < -0.39 is 0 Å². The van der Waals surface area contributed by atoms with Crippen LogP contribution in [-0.4, -0.2) is 29.9 Å². The molecular weight excluding hydrogens is 418 g/mol. The highest BCUT2D eigenvalue weighted by molar-refractivity contribution is 7.10. The minimum atomic E-state index is -0.0731. The number of rotatable bonds is 6. The second-order valence-electron chi connectivity index (χ2n) is 8.46. The monoisotopic (exact) mass is 447 g/mol. The largest absolute Gasteiger partial charge is 0.324 e. The molecule has 2 aromatic carbocycles. The first-order chi connectivity index (χ1) is 15.4. The van der Waals surface area contributed by atoms with E-state index in [1.807, 2.05) is 47.5 Å². The van der Waals surface area contributed by atoms with E-state index in [-0.39, 0.29) is 11.9 Å². The lowest BCUT2D eigenvalue weighted by Crippen LogP contribution is -2.49. The Kier molecular flexibility index (Phi) is 6.61. The van der Waals surface area contributed by atoms with Crippen LogP contribution in [-0.2, 0) is 17.8 Å². The molecule has 1 aromatic heterocycles. The molecule has 2 heterocycles. The van der Waals surface area contributed by atoms with Crippen LogP contribution >= 0.6 is 11.3 Å². The van der Waals surface area contributed by atoms with Crippen LogP contribution in [0.2, 0.25) is 0 Å². The maximum absolute atomic E-state index is 13.4. The molecule has 0 radical (unpaired) electrons. The quantitative estimate of drug-likeness (QED) is 0.528. The van der Waals surface area contributed by atoms with Crippen molar-refractivity contribution in [3.63, 3.8) is 0 Å². The molecule has 32 heavy (non-hydrogen) atoms. The zero-order valence-electron chi connectivity index (χ0n) is 18.9. The minimum absolute atomic E-state index is 0.0187. The molecule has 166 valence electrons. The van der Waals surface area contributed by atoms with Crippen LogP contribution < -0.4 is 10.2 Å². The molecule has 5 nitrogen and oxygen atoms in total. The molecule has 0 bridgehead atoms. The number of hydrogen-bond acceptors (Lipinski definition) is 3. The third kappa shape index (κ3) is 5.02. The summed E-state index contributed by atoms with van der Waals surface area (Å²) < 4.78 is 0. The maximum atomic E-state index is 13.4. The number of carbonyl (C=O) groups excluding carboxylic acids is 2. The number of hydrogen-bond donors (Lipinski definition) is 1. The van der Waals surface area contributed by atoms with Crippen LogP contribution in [0.15, 0.2) is 53.9 Å². The molecule has 3 amide bonds. The average molecular weight is 448 g/mol. The van der Waals surface area contributed by atoms with Crippen molar-refractivity contribution < 1.29 is 9.59 Å². The first kappa shape index (κ1) is 22.1. The van der Waals surface area contributed by atoms with E-state index >= 15 is 0 Å². The van der Waals surface area contributed by atoms with Gasteiger partial charge in [-0.15, -0.1) is 11.3 Å². The topological polar surface area (TPSA) is 52.6 Å². The molecule has 0 spiro atoms. The number of thiophene rings is 1. The van der Waals surface area contributed by atoms with Gasteiger partial charge in [0.05, 0.1) is 17.8 Å². The van der Waals surface area contributed by atoms with Gasteiger partial charge in [0.2, 0.25) is 5.91 Å². The minimum Gasteiger partial charge on any atom is -0.324 e. The first-order valence-electron chi connectivity index (χ1n) is 11.0. The summed E-state index contributed by atoms with van der Waals surface area (Å²) in [5.41, 5.74) is 6.04. The van der Waals surface area contributed by atoms with E-state index in [4.69, 9.17) is 0 Å². The predicted octanol–water partition coefficient (Wildman–Crippen LogP) is 5.69. The lowest BCUT2D eigenvalue weighted by molar-refractivity contribution is -0.115. The molecule has 1 fully saturated rings. The van der Waals surface area contributed by atoms with Crippen LogP contribution in [0.5, 0.6) is 0 Å². The van der Waals surface area contributed by atoms with Crippen molar-refractivity contribution in [2.24, 2.45) is 0 Å². The molecular formula is C26H29N3O2S. The van der Waals surface area contributed by atoms with Crippen LogP contribution in [0.4, 0.5) is 16.2 Å². The SMILES string of the molecule is Cc1ccc(C)c(CN2CCCN(c3ccc(C)cc3NC(=O)Cc3cccs3)C2=O)c1. The summed E-state index contributed by atoms with van der Waals surface area (Å²) in [6.45, 7) is 8.11. The molecule has 6 heteroatoms. The van der Waals surface area contributed by atoms with Crippen LogP contribution in [0, 0.1) is 20.8 Å². The van der Waals surface area contributed by atoms with Crippen LogP contribution in [0.1, 0.15) is 33.6 Å². The Bertz CT molecular complexity index is 1120. The van der Waals surface area contributed by atoms with Gasteiger partial charge in [-0.25, -0.2) is 4.79 Å². The summed E-state index contributed by atoms with van der Waals surface area (Å²) >= 11 is 1.57. The Balaban J connectivity index is 1.55. The van der Waals surface area contributed by atoms with Crippen molar-refractivity contribution in [1.29, 1.82) is 0 Å². The number of anilines is 2. The van der Waals surface area contributed by atoms with Gasteiger partial charge in [0.1, 0.15) is 0 Å². The molecule has 1 saturated heterocycles. The number of urea groups is 1. The summed E-state index contributed by atoms with van der Waals surface area (Å²) in [5, 5.41) is 5.01. The average Bonchev–Trinajstić information content (AvgIpc) is 3.25. The summed E-state index contributed by atoms with van der Waals surface area (Å²) in [5.74, 6) is -0.0731. The fraction of sp³-hybridized carbons (Fsp3) is 0.308. The van der Waals surface area contributed by atoms with Gasteiger partial charge in [-0.05, 0) is 67.5 Å². The highest BCUT2D eigenvalue weighted by Crippen LogP contribution is 2.31. The number of amides is 3. The van der Waals surface area contributed by atoms with E-state index in [1.54, 1.807) is 16.2 Å². The van der Waals surface area contributed by atoms with Gasteiger partial charge in [0, 0.05) is 24.5 Å². The van der Waals surface area contributed by atoms with E-state index in [2.05, 4.69) is 37.4 Å². The Labute approximate surface area is 193 Å². The van der Waals surface area contributed by atoms with E-state index in [0.717, 1.165) is 29.1 Å². The molecule has 1 aliphatic rings. The molecule has 0 unspecified atom stereocenters. The standard InChI is InChI=1S/C26H29N3O2S/c1-18-7-9-20(3)21(14-18)17-28-11-5-12-29(26(28)31)24-10-8-19(2)15-23(24)27-25(30)16-22-6-4-13-32-22/h4,6-10,13-15H,5,11-12,16-17H2,1-3H3,(H,27,30). The Morgan fingerprint density at radius 2 is 1.81 bits per heavy atom. The molecule has 1 N–H and O–H groups in total. The predicted molar refractivity (Wildman–Crippen MR) is 132 cm³/mol. The van der Waals surface area contributed by atoms with E-state index in [9.17, 15) is 9.59 Å². The lowest BCUT2D eigenvalue weighted by Gasteiger charge is -2.37. The summed E-state index contributed by atoms with van der Waals surface area (Å²) in [7, 11) is 0. The zero-order valence-corrected chi connectivity index (χ0v) is 19.7. The summed E-state index contributed by atoms with van der Waals surface area (Å²) in [6, 6.07) is 16.1. The molecule has 0 atom stereocenters. The zero-order chi connectivity index (χ0) is 22.7. The molecule has 3 aromatic rings. The number of benzene rings is 2. The third-order valence-electron chi connectivity index (χ3n) is 5.81. The molecule has 1 aliphatic heterocycles. The second-order valence-corrected chi connectivity index (χ2v) is 9.50. The number of nitrogens with zero attached hydrogens (tertiary/aromatic N) is 2.